The van der Waals surface area contributed by atoms with Crippen LogP contribution in [0.25, 0.3) is 5.69 Å². The highest BCUT2D eigenvalue weighted by Crippen LogP contribution is 2.15. The molecule has 2 nitrogen and oxygen atoms in total. The van der Waals surface area contributed by atoms with Gasteiger partial charge in [0.25, 0.3) is 0 Å². The molecule has 1 aromatic heterocycles. The summed E-state index contributed by atoms with van der Waals surface area (Å²) in [5, 5.41) is 5.29. The first-order chi connectivity index (χ1) is 7.29. The van der Waals surface area contributed by atoms with Gasteiger partial charge in [-0.25, -0.2) is 4.68 Å². The van der Waals surface area contributed by atoms with Crippen molar-refractivity contribution < 1.29 is 0 Å². The van der Waals surface area contributed by atoms with Crippen molar-refractivity contribution in [3.8, 4) is 5.69 Å². The second kappa shape index (κ2) is 4.94. The van der Waals surface area contributed by atoms with Gasteiger partial charge in [-0.1, -0.05) is 37.9 Å². The summed E-state index contributed by atoms with van der Waals surface area (Å²) in [6.45, 7) is 0. The minimum Gasteiger partial charge on any atom is -0.241 e. The smallest absolute Gasteiger partial charge is 0.0656 e. The molecule has 0 unspecified atom stereocenters. The monoisotopic (exact) mass is 328 g/mol. The molecule has 4 heteroatoms. The summed E-state index contributed by atoms with van der Waals surface area (Å²) in [6.07, 6.45) is 4.97. The predicted molar refractivity (Wildman–Crippen MR) is 68.8 cm³/mol. The molecule has 78 valence electrons. The first-order valence-electron chi connectivity index (χ1n) is 4.65. The Morgan fingerprint density at radius 3 is 2.93 bits per heavy atom. The molecule has 1 aromatic carbocycles. The fraction of sp³-hybridized carbons (Fsp3) is 0.182. The van der Waals surface area contributed by atoms with E-state index >= 15 is 0 Å². The van der Waals surface area contributed by atoms with Crippen LogP contribution in [0.3, 0.4) is 0 Å². The number of nitrogens with zero attached hydrogens (tertiary/aromatic N) is 2. The summed E-state index contributed by atoms with van der Waals surface area (Å²) >= 11 is 6.87. The van der Waals surface area contributed by atoms with Crippen LogP contribution in [0.4, 0.5) is 0 Å². The van der Waals surface area contributed by atoms with E-state index < -0.39 is 0 Å². The van der Waals surface area contributed by atoms with Crippen LogP contribution in [-0.4, -0.2) is 15.1 Å². The van der Waals surface area contributed by atoms with E-state index in [9.17, 15) is 0 Å². The summed E-state index contributed by atoms with van der Waals surface area (Å²) in [5.74, 6) is 0. The Labute approximate surface area is 106 Å². The van der Waals surface area contributed by atoms with Crippen LogP contribution in [0.5, 0.6) is 0 Å². The molecule has 2 rings (SSSR count). The van der Waals surface area contributed by atoms with Gasteiger partial charge in [-0.15, -0.1) is 0 Å². The normalized spacial score (nSPS) is 10.5. The number of hydrogen-bond donors (Lipinski definition) is 0. The first-order valence-corrected chi connectivity index (χ1v) is 6.56. The Hall–Kier alpha value is -0.610. The molecule has 2 aromatic rings. The molecule has 0 radical (unpaired) electrons. The van der Waals surface area contributed by atoms with E-state index in [1.807, 2.05) is 35.1 Å². The maximum absolute atomic E-state index is 4.32. The predicted octanol–water partition coefficient (Wildman–Crippen LogP) is 3.57. The van der Waals surface area contributed by atoms with Crippen LogP contribution >= 0.6 is 31.9 Å². The van der Waals surface area contributed by atoms with E-state index in [0.29, 0.717) is 0 Å². The second-order valence-corrected chi connectivity index (χ2v) is 4.92. The van der Waals surface area contributed by atoms with Crippen molar-refractivity contribution in [1.29, 1.82) is 0 Å². The molecular weight excluding hydrogens is 320 g/mol. The third kappa shape index (κ3) is 2.69. The van der Waals surface area contributed by atoms with E-state index in [0.717, 1.165) is 21.9 Å². The Morgan fingerprint density at radius 2 is 2.20 bits per heavy atom. The van der Waals surface area contributed by atoms with Gasteiger partial charge in [0.05, 0.1) is 11.9 Å². The number of halogens is 2. The van der Waals surface area contributed by atoms with Crippen molar-refractivity contribution in [2.45, 2.75) is 6.42 Å². The zero-order chi connectivity index (χ0) is 10.7. The average Bonchev–Trinajstić information content (AvgIpc) is 2.67. The van der Waals surface area contributed by atoms with Crippen molar-refractivity contribution in [2.75, 3.05) is 5.33 Å². The van der Waals surface area contributed by atoms with Crippen molar-refractivity contribution in [3.05, 3.63) is 46.7 Å². The van der Waals surface area contributed by atoms with Gasteiger partial charge in [0.2, 0.25) is 0 Å². The SMILES string of the molecule is BrCCc1cnn(-c2cccc(Br)c2)c1. The number of aryl methyl sites for hydroxylation is 1. The van der Waals surface area contributed by atoms with Crippen LogP contribution in [0, 0.1) is 0 Å². The molecule has 0 N–H and O–H groups in total. The van der Waals surface area contributed by atoms with Gasteiger partial charge >= 0.3 is 0 Å². The van der Waals surface area contributed by atoms with Gasteiger partial charge in [0, 0.05) is 16.0 Å². The van der Waals surface area contributed by atoms with Gasteiger partial charge in [-0.05, 0) is 30.2 Å². The van der Waals surface area contributed by atoms with Crippen LogP contribution in [0.15, 0.2) is 41.1 Å². The Kier molecular flexibility index (Phi) is 3.59. The highest BCUT2D eigenvalue weighted by Gasteiger charge is 2.00. The second-order valence-electron chi connectivity index (χ2n) is 3.21. The molecule has 0 bridgehead atoms. The van der Waals surface area contributed by atoms with Crippen LogP contribution in [-0.2, 0) is 6.42 Å². The van der Waals surface area contributed by atoms with Crippen LogP contribution in [0.2, 0.25) is 0 Å². The molecule has 0 spiro atoms. The van der Waals surface area contributed by atoms with E-state index in [1.54, 1.807) is 0 Å². The summed E-state index contributed by atoms with van der Waals surface area (Å²) in [4.78, 5) is 0. The maximum Gasteiger partial charge on any atom is 0.0656 e. The molecule has 0 amide bonds. The number of alkyl halides is 1. The van der Waals surface area contributed by atoms with Crippen molar-refractivity contribution in [3.63, 3.8) is 0 Å². The fourth-order valence-corrected chi connectivity index (χ4v) is 2.20. The minimum atomic E-state index is 0.969. The van der Waals surface area contributed by atoms with Crippen molar-refractivity contribution >= 4 is 31.9 Å². The van der Waals surface area contributed by atoms with Gasteiger partial charge in [0.15, 0.2) is 0 Å². The Bertz CT molecular complexity index is 451. The highest BCUT2D eigenvalue weighted by atomic mass is 79.9. The van der Waals surface area contributed by atoms with Crippen molar-refractivity contribution in [2.24, 2.45) is 0 Å². The lowest BCUT2D eigenvalue weighted by molar-refractivity contribution is 0.879. The molecule has 0 saturated heterocycles. The Morgan fingerprint density at radius 1 is 1.33 bits per heavy atom. The topological polar surface area (TPSA) is 17.8 Å². The van der Waals surface area contributed by atoms with Crippen LogP contribution < -0.4 is 0 Å². The van der Waals surface area contributed by atoms with E-state index in [4.69, 9.17) is 0 Å². The number of aromatic nitrogens is 2. The maximum atomic E-state index is 4.32. The summed E-state index contributed by atoms with van der Waals surface area (Å²) in [5.41, 5.74) is 2.32. The van der Waals surface area contributed by atoms with Gasteiger partial charge < -0.3 is 0 Å². The quantitative estimate of drug-likeness (QED) is 0.787. The molecule has 0 aliphatic rings. The molecule has 1 heterocycles. The Balaban J connectivity index is 2.29. The van der Waals surface area contributed by atoms with Gasteiger partial charge in [-0.2, -0.15) is 5.10 Å². The average molecular weight is 330 g/mol. The van der Waals surface area contributed by atoms with E-state index in [2.05, 4.69) is 43.2 Å². The molecule has 0 saturated carbocycles. The van der Waals surface area contributed by atoms with E-state index in [1.165, 1.54) is 5.56 Å². The minimum absolute atomic E-state index is 0.969. The lowest BCUT2D eigenvalue weighted by atomic mass is 10.3. The number of hydrogen-bond acceptors (Lipinski definition) is 1. The molecule has 0 fully saturated rings. The first kappa shape index (κ1) is 10.9. The number of benzene rings is 1. The number of rotatable bonds is 3. The largest absolute Gasteiger partial charge is 0.241 e. The molecule has 0 aliphatic carbocycles. The zero-order valence-corrected chi connectivity index (χ0v) is 11.2. The molecule has 0 aliphatic heterocycles. The summed E-state index contributed by atoms with van der Waals surface area (Å²) in [6, 6.07) is 8.10. The van der Waals surface area contributed by atoms with Crippen LogP contribution in [0.1, 0.15) is 5.56 Å². The lowest BCUT2D eigenvalue weighted by Crippen LogP contribution is -1.93. The third-order valence-corrected chi connectivity index (χ3v) is 2.98. The van der Waals surface area contributed by atoms with Gasteiger partial charge in [-0.3, -0.25) is 0 Å². The molecule has 15 heavy (non-hydrogen) atoms. The molecular formula is C11H10Br2N2. The summed E-state index contributed by atoms with van der Waals surface area (Å²) < 4.78 is 2.96. The summed E-state index contributed by atoms with van der Waals surface area (Å²) in [7, 11) is 0. The highest BCUT2D eigenvalue weighted by molar-refractivity contribution is 9.10. The molecule has 0 atom stereocenters. The van der Waals surface area contributed by atoms with Crippen molar-refractivity contribution in [1.82, 2.24) is 9.78 Å². The standard InChI is InChI=1S/C11H10Br2N2/c12-5-4-9-7-14-15(8-9)11-3-1-2-10(13)6-11/h1-3,6-8H,4-5H2. The van der Waals surface area contributed by atoms with Gasteiger partial charge in [0.1, 0.15) is 0 Å². The lowest BCUT2D eigenvalue weighted by Gasteiger charge is -2.00. The zero-order valence-electron chi connectivity index (χ0n) is 8.03. The third-order valence-electron chi connectivity index (χ3n) is 2.09. The fourth-order valence-electron chi connectivity index (χ4n) is 1.36. The van der Waals surface area contributed by atoms with E-state index in [-0.39, 0.29) is 0 Å².